The molecule has 152 valence electrons. The number of nitrogens with one attached hydrogen (secondary N) is 1. The van der Waals surface area contributed by atoms with Crippen LogP contribution in [-0.2, 0) is 4.79 Å². The maximum absolute atomic E-state index is 12.3. The second-order valence-corrected chi connectivity index (χ2v) is 9.62. The predicted molar refractivity (Wildman–Crippen MR) is 105 cm³/mol. The maximum Gasteiger partial charge on any atom is 0.317 e. The van der Waals surface area contributed by atoms with Crippen molar-refractivity contribution in [3.63, 3.8) is 0 Å². The van der Waals surface area contributed by atoms with Gasteiger partial charge in [0.15, 0.2) is 0 Å². The highest BCUT2D eigenvalue weighted by Gasteiger charge is 2.45. The van der Waals surface area contributed by atoms with Gasteiger partial charge in [-0.15, -0.1) is 0 Å². The lowest BCUT2D eigenvalue weighted by atomic mass is 9.75. The monoisotopic (exact) mass is 376 g/mol. The average molecular weight is 377 g/mol. The van der Waals surface area contributed by atoms with Crippen LogP contribution in [0, 0.1) is 17.8 Å². The van der Waals surface area contributed by atoms with Crippen LogP contribution in [0.25, 0.3) is 0 Å². The van der Waals surface area contributed by atoms with E-state index in [4.69, 9.17) is 0 Å². The summed E-state index contributed by atoms with van der Waals surface area (Å²) in [5, 5.41) is 3.05. The van der Waals surface area contributed by atoms with E-state index in [-0.39, 0.29) is 6.03 Å². The molecule has 0 aromatic heterocycles. The van der Waals surface area contributed by atoms with Crippen LogP contribution in [0.4, 0.5) is 4.79 Å². The van der Waals surface area contributed by atoms with Gasteiger partial charge in [0.2, 0.25) is 5.91 Å². The molecule has 27 heavy (non-hydrogen) atoms. The standard InChI is InChI=1S/C21H36N4O2/c1-15(2)11-22-21(27)23-8-6-18(7-9-23)24-12-16-10-17(14-24)19-4-3-5-20(26)25(19)13-16/h15-19H,3-14H2,1-2H3,(H,22,27)/t16?,17?,19-/m1/s1. The third-order valence-electron chi connectivity index (χ3n) is 7.14. The van der Waals surface area contributed by atoms with E-state index < -0.39 is 0 Å². The molecule has 0 saturated carbocycles. The smallest absolute Gasteiger partial charge is 0.317 e. The van der Waals surface area contributed by atoms with Crippen LogP contribution in [-0.4, -0.2) is 78.0 Å². The van der Waals surface area contributed by atoms with Crippen molar-refractivity contribution in [3.8, 4) is 0 Å². The van der Waals surface area contributed by atoms with Gasteiger partial charge in [0.05, 0.1) is 0 Å². The summed E-state index contributed by atoms with van der Waals surface area (Å²) in [6, 6.07) is 1.21. The van der Waals surface area contributed by atoms with Crippen LogP contribution >= 0.6 is 0 Å². The van der Waals surface area contributed by atoms with Crippen LogP contribution in [0.2, 0.25) is 0 Å². The molecule has 4 fully saturated rings. The van der Waals surface area contributed by atoms with Gasteiger partial charge in [0, 0.05) is 57.8 Å². The number of nitrogens with zero attached hydrogens (tertiary/aromatic N) is 3. The summed E-state index contributed by atoms with van der Waals surface area (Å²) < 4.78 is 0. The van der Waals surface area contributed by atoms with Gasteiger partial charge in [-0.1, -0.05) is 13.8 Å². The minimum absolute atomic E-state index is 0.106. The second-order valence-electron chi connectivity index (χ2n) is 9.62. The van der Waals surface area contributed by atoms with Gasteiger partial charge in [0.1, 0.15) is 0 Å². The largest absolute Gasteiger partial charge is 0.339 e. The number of carbonyl (C=O) groups excluding carboxylic acids is 2. The highest BCUT2D eigenvalue weighted by molar-refractivity contribution is 5.77. The lowest BCUT2D eigenvalue weighted by molar-refractivity contribution is -0.145. The third kappa shape index (κ3) is 4.10. The first-order valence-electron chi connectivity index (χ1n) is 11.1. The van der Waals surface area contributed by atoms with Gasteiger partial charge in [-0.05, 0) is 49.9 Å². The molecule has 0 spiro atoms. The van der Waals surface area contributed by atoms with E-state index in [1.807, 2.05) is 4.90 Å². The van der Waals surface area contributed by atoms with Gasteiger partial charge >= 0.3 is 6.03 Å². The molecule has 4 heterocycles. The minimum atomic E-state index is 0.106. The van der Waals surface area contributed by atoms with E-state index in [9.17, 15) is 9.59 Å². The van der Waals surface area contributed by atoms with Gasteiger partial charge in [-0.2, -0.15) is 0 Å². The number of likely N-dealkylation sites (tertiary alicyclic amines) is 2. The number of fused-ring (bicyclic) bond motifs is 4. The Morgan fingerprint density at radius 1 is 1.15 bits per heavy atom. The SMILES string of the molecule is CC(C)CNC(=O)N1CCC(N2CC3CC(C2)[C@H]2CCCC(=O)N2C3)CC1. The van der Waals surface area contributed by atoms with Crippen molar-refractivity contribution in [1.29, 1.82) is 0 Å². The van der Waals surface area contributed by atoms with Crippen LogP contribution in [0.3, 0.4) is 0 Å². The zero-order chi connectivity index (χ0) is 19.0. The van der Waals surface area contributed by atoms with E-state index >= 15 is 0 Å². The summed E-state index contributed by atoms with van der Waals surface area (Å²) in [6.07, 6.45) is 6.51. The quantitative estimate of drug-likeness (QED) is 0.821. The Kier molecular flexibility index (Phi) is 5.62. The summed E-state index contributed by atoms with van der Waals surface area (Å²) >= 11 is 0. The van der Waals surface area contributed by atoms with E-state index in [0.29, 0.717) is 35.7 Å². The van der Waals surface area contributed by atoms with Gasteiger partial charge < -0.3 is 15.1 Å². The number of piperidine rings is 4. The number of rotatable bonds is 3. The van der Waals surface area contributed by atoms with Crippen molar-refractivity contribution in [2.75, 3.05) is 39.3 Å². The van der Waals surface area contributed by atoms with Crippen LogP contribution in [0.5, 0.6) is 0 Å². The highest BCUT2D eigenvalue weighted by Crippen LogP contribution is 2.39. The Morgan fingerprint density at radius 2 is 1.93 bits per heavy atom. The topological polar surface area (TPSA) is 55.9 Å². The Labute approximate surface area is 163 Å². The van der Waals surface area contributed by atoms with Crippen molar-refractivity contribution in [2.45, 2.75) is 64.5 Å². The Balaban J connectivity index is 1.30. The zero-order valence-electron chi connectivity index (χ0n) is 17.0. The fourth-order valence-electron chi connectivity index (χ4n) is 5.78. The molecule has 0 aromatic carbocycles. The maximum atomic E-state index is 12.3. The van der Waals surface area contributed by atoms with Crippen LogP contribution in [0.1, 0.15) is 52.4 Å². The van der Waals surface area contributed by atoms with E-state index in [2.05, 4.69) is 29.0 Å². The minimum Gasteiger partial charge on any atom is -0.339 e. The molecule has 3 atom stereocenters. The summed E-state index contributed by atoms with van der Waals surface area (Å²) in [7, 11) is 0. The molecule has 2 bridgehead atoms. The van der Waals surface area contributed by atoms with Crippen molar-refractivity contribution >= 4 is 11.9 Å². The number of hydrogen-bond acceptors (Lipinski definition) is 3. The molecule has 4 aliphatic rings. The van der Waals surface area contributed by atoms with Gasteiger partial charge in [0.25, 0.3) is 0 Å². The molecule has 6 nitrogen and oxygen atoms in total. The molecular formula is C21H36N4O2. The first-order chi connectivity index (χ1) is 13.0. The van der Waals surface area contributed by atoms with E-state index in [0.717, 1.165) is 65.0 Å². The molecule has 0 aromatic rings. The summed E-state index contributed by atoms with van der Waals surface area (Å²) in [5.74, 6) is 2.20. The Bertz CT molecular complexity index is 558. The molecular weight excluding hydrogens is 340 g/mol. The summed E-state index contributed by atoms with van der Waals surface area (Å²) in [6.45, 7) is 10.0. The molecule has 1 N–H and O–H groups in total. The predicted octanol–water partition coefficient (Wildman–Crippen LogP) is 2.15. The lowest BCUT2D eigenvalue weighted by Gasteiger charge is -2.54. The summed E-state index contributed by atoms with van der Waals surface area (Å²) in [4.78, 5) is 31.5. The first kappa shape index (κ1) is 19.0. The fraction of sp³-hybridized carbons (Fsp3) is 0.905. The van der Waals surface area contributed by atoms with Crippen molar-refractivity contribution in [3.05, 3.63) is 0 Å². The molecule has 3 amide bonds. The fourth-order valence-corrected chi connectivity index (χ4v) is 5.78. The molecule has 2 unspecified atom stereocenters. The number of carbonyl (C=O) groups is 2. The van der Waals surface area contributed by atoms with Gasteiger partial charge in [-0.25, -0.2) is 4.79 Å². The molecule has 4 rings (SSSR count). The number of hydrogen-bond donors (Lipinski definition) is 1. The summed E-state index contributed by atoms with van der Waals surface area (Å²) in [5.41, 5.74) is 0. The van der Waals surface area contributed by atoms with Crippen molar-refractivity contribution in [1.82, 2.24) is 20.0 Å². The Hall–Kier alpha value is -1.30. The highest BCUT2D eigenvalue weighted by atomic mass is 16.2. The molecule has 0 aliphatic carbocycles. The van der Waals surface area contributed by atoms with Crippen molar-refractivity contribution < 1.29 is 9.59 Å². The first-order valence-corrected chi connectivity index (χ1v) is 11.1. The van der Waals surface area contributed by atoms with E-state index in [1.54, 1.807) is 0 Å². The van der Waals surface area contributed by atoms with Crippen molar-refractivity contribution in [2.24, 2.45) is 17.8 Å². The number of amides is 3. The Morgan fingerprint density at radius 3 is 2.67 bits per heavy atom. The van der Waals surface area contributed by atoms with E-state index in [1.165, 1.54) is 12.8 Å². The molecule has 0 radical (unpaired) electrons. The normalized spacial score (nSPS) is 32.6. The van der Waals surface area contributed by atoms with Crippen LogP contribution < -0.4 is 5.32 Å². The third-order valence-corrected chi connectivity index (χ3v) is 7.14. The van der Waals surface area contributed by atoms with Crippen LogP contribution in [0.15, 0.2) is 0 Å². The zero-order valence-corrected chi connectivity index (χ0v) is 17.0. The average Bonchev–Trinajstić information content (AvgIpc) is 2.67. The number of urea groups is 1. The molecule has 6 heteroatoms. The second kappa shape index (κ2) is 7.98. The molecule has 4 saturated heterocycles. The van der Waals surface area contributed by atoms with Gasteiger partial charge in [-0.3, -0.25) is 9.69 Å². The lowest BCUT2D eigenvalue weighted by Crippen LogP contribution is -2.62. The molecule has 4 aliphatic heterocycles.